The van der Waals surface area contributed by atoms with Gasteiger partial charge in [-0.25, -0.2) is 0 Å². The Labute approximate surface area is 117 Å². The molecule has 1 aromatic rings. The second-order valence-corrected chi connectivity index (χ2v) is 5.87. The predicted octanol–water partition coefficient (Wildman–Crippen LogP) is 3.67. The molecule has 0 radical (unpaired) electrons. The molecule has 0 saturated carbocycles. The average molecular weight is 261 g/mol. The highest BCUT2D eigenvalue weighted by molar-refractivity contribution is 5.42. The maximum absolute atomic E-state index is 6.32. The van der Waals surface area contributed by atoms with Crippen molar-refractivity contribution in [2.24, 2.45) is 5.92 Å². The number of likely N-dealkylation sites (tertiary alicyclic amines) is 1. The SMILES string of the molecule is CC.Cc1ccc2c(c1)CC1(CCN(C)CC1C)O2. The molecular weight excluding hydrogens is 234 g/mol. The van der Waals surface area contributed by atoms with Crippen molar-refractivity contribution in [3.8, 4) is 5.75 Å². The predicted molar refractivity (Wildman–Crippen MR) is 80.9 cm³/mol. The first-order valence-corrected chi connectivity index (χ1v) is 7.56. The fourth-order valence-corrected chi connectivity index (χ4v) is 3.29. The van der Waals surface area contributed by atoms with Gasteiger partial charge in [0, 0.05) is 31.8 Å². The molecule has 1 spiro atoms. The van der Waals surface area contributed by atoms with Gasteiger partial charge in [-0.05, 0) is 25.6 Å². The van der Waals surface area contributed by atoms with E-state index in [9.17, 15) is 0 Å². The summed E-state index contributed by atoms with van der Waals surface area (Å²) in [5.74, 6) is 1.72. The Hall–Kier alpha value is -1.02. The fourth-order valence-electron chi connectivity index (χ4n) is 3.29. The molecule has 0 amide bonds. The largest absolute Gasteiger partial charge is 0.486 e. The Balaban J connectivity index is 0.000000637. The summed E-state index contributed by atoms with van der Waals surface area (Å²) in [6, 6.07) is 6.58. The third-order valence-electron chi connectivity index (χ3n) is 4.42. The van der Waals surface area contributed by atoms with E-state index in [-0.39, 0.29) is 5.60 Å². The summed E-state index contributed by atoms with van der Waals surface area (Å²) < 4.78 is 6.32. The van der Waals surface area contributed by atoms with Gasteiger partial charge in [-0.15, -0.1) is 0 Å². The van der Waals surface area contributed by atoms with Crippen molar-refractivity contribution in [2.75, 3.05) is 20.1 Å². The van der Waals surface area contributed by atoms with E-state index in [1.54, 1.807) is 0 Å². The van der Waals surface area contributed by atoms with E-state index in [0.717, 1.165) is 31.7 Å². The second-order valence-electron chi connectivity index (χ2n) is 5.87. The minimum absolute atomic E-state index is 0.0721. The van der Waals surface area contributed by atoms with Gasteiger partial charge in [0.15, 0.2) is 0 Å². The summed E-state index contributed by atoms with van der Waals surface area (Å²) in [7, 11) is 2.20. The van der Waals surface area contributed by atoms with Crippen molar-refractivity contribution >= 4 is 0 Å². The Morgan fingerprint density at radius 1 is 1.32 bits per heavy atom. The molecule has 0 bridgehead atoms. The number of piperidine rings is 1. The molecular formula is C17H27NO. The van der Waals surface area contributed by atoms with Crippen molar-refractivity contribution in [2.45, 2.75) is 46.1 Å². The van der Waals surface area contributed by atoms with Crippen molar-refractivity contribution in [1.29, 1.82) is 0 Å². The maximum Gasteiger partial charge on any atom is 0.123 e. The molecule has 1 saturated heterocycles. The first-order chi connectivity index (χ1) is 9.09. The summed E-state index contributed by atoms with van der Waals surface area (Å²) in [6.45, 7) is 10.8. The molecule has 2 atom stereocenters. The van der Waals surface area contributed by atoms with Crippen LogP contribution in [0.5, 0.6) is 5.75 Å². The Bertz CT molecular complexity index is 443. The molecule has 19 heavy (non-hydrogen) atoms. The van der Waals surface area contributed by atoms with Gasteiger partial charge in [0.25, 0.3) is 0 Å². The molecule has 106 valence electrons. The van der Waals surface area contributed by atoms with Crippen molar-refractivity contribution in [3.63, 3.8) is 0 Å². The van der Waals surface area contributed by atoms with Gasteiger partial charge in [-0.2, -0.15) is 0 Å². The highest BCUT2D eigenvalue weighted by Gasteiger charge is 2.46. The van der Waals surface area contributed by atoms with Crippen molar-refractivity contribution in [1.82, 2.24) is 4.90 Å². The summed E-state index contributed by atoms with van der Waals surface area (Å²) in [5.41, 5.74) is 2.81. The molecule has 2 heterocycles. The highest BCUT2D eigenvalue weighted by atomic mass is 16.5. The number of nitrogens with zero attached hydrogens (tertiary/aromatic N) is 1. The Morgan fingerprint density at radius 3 is 2.74 bits per heavy atom. The molecule has 2 nitrogen and oxygen atoms in total. The molecule has 0 aliphatic carbocycles. The fraction of sp³-hybridized carbons (Fsp3) is 0.647. The number of fused-ring (bicyclic) bond motifs is 1. The quantitative estimate of drug-likeness (QED) is 0.706. The number of ether oxygens (including phenoxy) is 1. The number of rotatable bonds is 0. The first-order valence-electron chi connectivity index (χ1n) is 7.56. The van der Waals surface area contributed by atoms with Crippen molar-refractivity contribution in [3.05, 3.63) is 29.3 Å². The van der Waals surface area contributed by atoms with Crippen LogP contribution in [0.2, 0.25) is 0 Å². The van der Waals surface area contributed by atoms with E-state index in [1.165, 1.54) is 11.1 Å². The Kier molecular flexibility index (Phi) is 4.19. The molecule has 1 fully saturated rings. The van der Waals surface area contributed by atoms with Crippen LogP contribution < -0.4 is 4.74 Å². The number of benzene rings is 1. The van der Waals surface area contributed by atoms with Crippen LogP contribution in [-0.2, 0) is 6.42 Å². The standard InChI is InChI=1S/C15H21NO.C2H6/c1-11-4-5-14-13(8-11)9-15(17-14)6-7-16(3)10-12(15)2;1-2/h4-5,8,12H,6-7,9-10H2,1-3H3;1-2H3. The second kappa shape index (κ2) is 5.54. The lowest BCUT2D eigenvalue weighted by molar-refractivity contribution is -0.0212. The van der Waals surface area contributed by atoms with E-state index in [1.807, 2.05) is 13.8 Å². The van der Waals surface area contributed by atoms with Gasteiger partial charge >= 0.3 is 0 Å². The lowest BCUT2D eigenvalue weighted by atomic mass is 9.79. The molecule has 2 unspecified atom stereocenters. The molecule has 0 N–H and O–H groups in total. The topological polar surface area (TPSA) is 12.5 Å². The zero-order valence-electron chi connectivity index (χ0n) is 13.0. The zero-order chi connectivity index (χ0) is 14.0. The van der Waals surface area contributed by atoms with Crippen LogP contribution in [0.1, 0.15) is 38.3 Å². The van der Waals surface area contributed by atoms with E-state index >= 15 is 0 Å². The maximum atomic E-state index is 6.32. The molecule has 2 aliphatic heterocycles. The van der Waals surface area contributed by atoms with Crippen LogP contribution in [0.15, 0.2) is 18.2 Å². The smallest absolute Gasteiger partial charge is 0.123 e. The third-order valence-corrected chi connectivity index (χ3v) is 4.42. The van der Waals surface area contributed by atoms with E-state index in [4.69, 9.17) is 4.74 Å². The molecule has 1 aromatic carbocycles. The highest BCUT2D eigenvalue weighted by Crippen LogP contribution is 2.43. The van der Waals surface area contributed by atoms with Crippen LogP contribution in [0.3, 0.4) is 0 Å². The van der Waals surface area contributed by atoms with Gasteiger partial charge in [-0.1, -0.05) is 38.5 Å². The zero-order valence-corrected chi connectivity index (χ0v) is 13.0. The lowest BCUT2D eigenvalue weighted by Gasteiger charge is -2.42. The average Bonchev–Trinajstić information content (AvgIpc) is 2.76. The van der Waals surface area contributed by atoms with Crippen LogP contribution in [0.25, 0.3) is 0 Å². The van der Waals surface area contributed by atoms with E-state index < -0.39 is 0 Å². The van der Waals surface area contributed by atoms with Gasteiger partial charge in [0.05, 0.1) is 0 Å². The number of hydrogen-bond acceptors (Lipinski definition) is 2. The van der Waals surface area contributed by atoms with Crippen LogP contribution in [0, 0.1) is 12.8 Å². The van der Waals surface area contributed by atoms with Crippen molar-refractivity contribution < 1.29 is 4.74 Å². The molecule has 2 aliphatic rings. The lowest BCUT2D eigenvalue weighted by Crippen LogP contribution is -2.52. The van der Waals surface area contributed by atoms with Gasteiger partial charge in [-0.3, -0.25) is 0 Å². The van der Waals surface area contributed by atoms with Crippen LogP contribution in [0.4, 0.5) is 0 Å². The van der Waals surface area contributed by atoms with E-state index in [0.29, 0.717) is 5.92 Å². The van der Waals surface area contributed by atoms with Gasteiger partial charge in [0.2, 0.25) is 0 Å². The third kappa shape index (κ3) is 2.64. The molecule has 3 rings (SSSR count). The van der Waals surface area contributed by atoms with Crippen LogP contribution >= 0.6 is 0 Å². The summed E-state index contributed by atoms with van der Waals surface area (Å²) in [4.78, 5) is 2.41. The summed E-state index contributed by atoms with van der Waals surface area (Å²) in [5, 5.41) is 0. The summed E-state index contributed by atoms with van der Waals surface area (Å²) >= 11 is 0. The van der Waals surface area contributed by atoms with Gasteiger partial charge in [0.1, 0.15) is 11.4 Å². The van der Waals surface area contributed by atoms with Crippen LogP contribution in [-0.4, -0.2) is 30.6 Å². The minimum atomic E-state index is 0.0721. The number of aryl methyl sites for hydroxylation is 1. The number of hydrogen-bond donors (Lipinski definition) is 0. The first kappa shape index (κ1) is 14.4. The summed E-state index contributed by atoms with van der Waals surface area (Å²) in [6.07, 6.45) is 2.25. The van der Waals surface area contributed by atoms with Gasteiger partial charge < -0.3 is 9.64 Å². The molecule has 0 aromatic heterocycles. The van der Waals surface area contributed by atoms with E-state index in [2.05, 4.69) is 44.0 Å². The normalized spacial score (nSPS) is 29.4. The monoisotopic (exact) mass is 261 g/mol. The Morgan fingerprint density at radius 2 is 2.05 bits per heavy atom. The molecule has 2 heteroatoms. The minimum Gasteiger partial charge on any atom is -0.486 e.